The van der Waals surface area contributed by atoms with Crippen LogP contribution >= 0.6 is 0 Å². The molecule has 2 atom stereocenters. The fourth-order valence-corrected chi connectivity index (χ4v) is 2.04. The van der Waals surface area contributed by atoms with Crippen LogP contribution in [0.4, 0.5) is 0 Å². The lowest BCUT2D eigenvalue weighted by Gasteiger charge is -2.16. The van der Waals surface area contributed by atoms with E-state index in [1.807, 2.05) is 6.92 Å². The monoisotopic (exact) mass is 318 g/mol. The van der Waals surface area contributed by atoms with Gasteiger partial charge in [0.15, 0.2) is 0 Å². The van der Waals surface area contributed by atoms with Gasteiger partial charge in [0.05, 0.1) is 17.6 Å². The van der Waals surface area contributed by atoms with Crippen molar-refractivity contribution in [3.63, 3.8) is 0 Å². The summed E-state index contributed by atoms with van der Waals surface area (Å²) in [5.41, 5.74) is 0. The molecule has 0 fully saturated rings. The van der Waals surface area contributed by atoms with E-state index in [4.69, 9.17) is 10.6 Å². The normalized spacial score (nSPS) is 20.7. The molecule has 0 bridgehead atoms. The highest BCUT2D eigenvalue weighted by Crippen LogP contribution is 2.12. The zero-order chi connectivity index (χ0) is 20.2. The van der Waals surface area contributed by atoms with Crippen LogP contribution in [0, 0.1) is 0 Å². The number of unbranched alkanes of at least 4 members (excludes halogenated alkanes) is 6. The summed E-state index contributed by atoms with van der Waals surface area (Å²) in [5.74, 6) is -0.826. The molecule has 0 saturated carbocycles. The molecule has 4 nitrogen and oxygen atoms in total. The number of carboxylic acid groups (broad SMARTS) is 1. The number of carbonyl (C=O) groups is 1. The number of aliphatic hydroxyl groups is 2. The Bertz CT molecular complexity index is 450. The van der Waals surface area contributed by atoms with Crippen LogP contribution < -0.4 is 0 Å². The van der Waals surface area contributed by atoms with Crippen LogP contribution in [0.2, 0.25) is 0 Å². The maximum absolute atomic E-state index is 10.4. The summed E-state index contributed by atoms with van der Waals surface area (Å²) in [6.07, 6.45) is 0.800. The molecule has 0 aromatic rings. The number of hydrogen-bond donors (Lipinski definition) is 3. The Kier molecular flexibility index (Phi) is 10.1. The minimum absolute atomic E-state index is 0.0401. The minimum Gasteiger partial charge on any atom is -0.481 e. The second kappa shape index (κ2) is 15.0. The van der Waals surface area contributed by atoms with Crippen molar-refractivity contribution in [2.75, 3.05) is 0 Å². The van der Waals surface area contributed by atoms with E-state index in [-0.39, 0.29) is 24.9 Å². The van der Waals surface area contributed by atoms with E-state index in [0.29, 0.717) is 25.7 Å². The van der Waals surface area contributed by atoms with Crippen molar-refractivity contribution < 1.29 is 25.6 Å². The van der Waals surface area contributed by atoms with Gasteiger partial charge in [-0.05, 0) is 32.1 Å². The summed E-state index contributed by atoms with van der Waals surface area (Å²) in [6, 6.07) is -0.170. The van der Waals surface area contributed by atoms with E-state index in [9.17, 15) is 15.0 Å². The van der Waals surface area contributed by atoms with Gasteiger partial charge in [-0.3, -0.25) is 4.79 Å². The Morgan fingerprint density at radius 3 is 2.41 bits per heavy atom. The molecule has 0 aromatic heterocycles. The summed E-state index contributed by atoms with van der Waals surface area (Å²) in [4.78, 5) is 10.4. The van der Waals surface area contributed by atoms with Crippen molar-refractivity contribution in [2.24, 2.45) is 0 Å². The molecule has 22 heavy (non-hydrogen) atoms. The Hall–Kier alpha value is -0.870. The number of rotatable bonds is 15. The summed E-state index contributed by atoms with van der Waals surface area (Å²) in [5, 5.41) is 28.9. The number of allylic oxidation sites excluding steroid dienone is 1. The van der Waals surface area contributed by atoms with Crippen LogP contribution in [0.15, 0.2) is 12.1 Å². The van der Waals surface area contributed by atoms with Crippen LogP contribution in [0.25, 0.3) is 0 Å². The van der Waals surface area contributed by atoms with Crippen molar-refractivity contribution in [3.8, 4) is 0 Å². The first kappa shape index (κ1) is 14.7. The summed E-state index contributed by atoms with van der Waals surface area (Å²) >= 11 is 0. The van der Waals surface area contributed by atoms with Crippen molar-refractivity contribution in [1.82, 2.24) is 0 Å². The van der Waals surface area contributed by atoms with E-state index in [0.717, 1.165) is 32.1 Å². The Labute approximate surface area is 140 Å². The molecule has 0 aromatic carbocycles. The molecule has 0 heterocycles. The molecule has 0 rings (SSSR count). The van der Waals surface area contributed by atoms with Gasteiger partial charge in [-0.15, -0.1) is 0 Å². The predicted octanol–water partition coefficient (Wildman–Crippen LogP) is 4.05. The Morgan fingerprint density at radius 2 is 1.73 bits per heavy atom. The molecule has 0 saturated heterocycles. The predicted molar refractivity (Wildman–Crippen MR) is 89.9 cm³/mol. The number of carboxylic acids is 1. The average Bonchev–Trinajstić information content (AvgIpc) is 2.53. The molecule has 0 radical (unpaired) electrons. The molecule has 0 spiro atoms. The van der Waals surface area contributed by atoms with E-state index in [1.165, 1.54) is 0 Å². The quantitative estimate of drug-likeness (QED) is 0.314. The first-order valence-corrected chi connectivity index (χ1v) is 8.35. The fourth-order valence-electron chi connectivity index (χ4n) is 2.04. The molecule has 0 amide bonds. The molecule has 0 aliphatic rings. The highest BCUT2D eigenvalue weighted by molar-refractivity contribution is 5.66. The molecule has 4 heteroatoms. The fraction of sp³-hybridized carbons (Fsp3) is 0.833. The Morgan fingerprint density at radius 1 is 1.05 bits per heavy atom. The second-order valence-electron chi connectivity index (χ2n) is 5.54. The molecular weight excluding hydrogens is 280 g/mol. The minimum atomic E-state index is -2.54. The van der Waals surface area contributed by atoms with E-state index < -0.39 is 24.6 Å². The van der Waals surface area contributed by atoms with Crippen LogP contribution in [0.1, 0.15) is 89.5 Å². The third-order valence-electron chi connectivity index (χ3n) is 3.42. The molecule has 3 N–H and O–H groups in total. The molecule has 130 valence electrons. The van der Waals surface area contributed by atoms with Gasteiger partial charge >= 0.3 is 5.97 Å². The van der Waals surface area contributed by atoms with Gasteiger partial charge in [-0.1, -0.05) is 57.6 Å². The highest BCUT2D eigenvalue weighted by atomic mass is 16.4. The third-order valence-corrected chi connectivity index (χ3v) is 3.42. The molecule has 0 unspecified atom stereocenters. The van der Waals surface area contributed by atoms with Crippen molar-refractivity contribution in [1.29, 1.82) is 0 Å². The van der Waals surface area contributed by atoms with Crippen LogP contribution in [0.5, 0.6) is 0 Å². The zero-order valence-corrected chi connectivity index (χ0v) is 13.7. The third kappa shape index (κ3) is 14.1. The van der Waals surface area contributed by atoms with Gasteiger partial charge in [-0.25, -0.2) is 0 Å². The van der Waals surface area contributed by atoms with Crippen molar-refractivity contribution >= 4 is 5.97 Å². The van der Waals surface area contributed by atoms with Crippen molar-refractivity contribution in [3.05, 3.63) is 12.1 Å². The second-order valence-corrected chi connectivity index (χ2v) is 5.54. The SMILES string of the molecule is [2H]/C(CCCCC)=C(\[2H])C[C@@]([2H])(O)[C@@]([2H])(O)CCCCCCCC(=O)O. The van der Waals surface area contributed by atoms with Gasteiger partial charge < -0.3 is 15.3 Å². The topological polar surface area (TPSA) is 77.8 Å². The van der Waals surface area contributed by atoms with E-state index >= 15 is 0 Å². The number of hydrogen-bond acceptors (Lipinski definition) is 3. The first-order chi connectivity index (χ1) is 12.0. The first-order valence-electron chi connectivity index (χ1n) is 10.3. The van der Waals surface area contributed by atoms with Crippen LogP contribution in [0.3, 0.4) is 0 Å². The van der Waals surface area contributed by atoms with Gasteiger partial charge in [0.1, 0.15) is 0 Å². The highest BCUT2D eigenvalue weighted by Gasteiger charge is 2.13. The van der Waals surface area contributed by atoms with Crippen molar-refractivity contribution in [2.45, 2.75) is 96.1 Å². The zero-order valence-electron chi connectivity index (χ0n) is 17.7. The molecule has 0 aliphatic carbocycles. The summed E-state index contributed by atoms with van der Waals surface area (Å²) in [6.45, 7) is 2.03. The molecule has 0 aliphatic heterocycles. The van der Waals surface area contributed by atoms with Gasteiger partial charge in [0.25, 0.3) is 0 Å². The van der Waals surface area contributed by atoms with Gasteiger partial charge in [-0.2, -0.15) is 0 Å². The maximum Gasteiger partial charge on any atom is 0.303 e. The molecular formula is C18H34O4. The number of aliphatic carboxylic acids is 1. The van der Waals surface area contributed by atoms with Crippen LogP contribution in [-0.2, 0) is 4.79 Å². The lowest BCUT2D eigenvalue weighted by molar-refractivity contribution is -0.137. The summed E-state index contributed by atoms with van der Waals surface area (Å²) in [7, 11) is 0. The smallest absolute Gasteiger partial charge is 0.303 e. The Balaban J connectivity index is 4.37. The van der Waals surface area contributed by atoms with E-state index in [1.54, 1.807) is 0 Å². The maximum atomic E-state index is 10.4. The largest absolute Gasteiger partial charge is 0.481 e. The lowest BCUT2D eigenvalue weighted by Crippen LogP contribution is -2.25. The van der Waals surface area contributed by atoms with Crippen LogP contribution in [-0.4, -0.2) is 33.4 Å². The van der Waals surface area contributed by atoms with Gasteiger partial charge in [0.2, 0.25) is 0 Å². The standard InChI is InChI=1S/C18H34O4/c1-2-3-4-5-7-10-13-16(19)17(20)14-11-8-6-9-12-15-18(21)22/h7,10,16-17,19-20H,2-6,8-9,11-15H2,1H3,(H,21,22)/b10-7-/t16-,17+/m1/s1/i7D,10D,16D,17D. The lowest BCUT2D eigenvalue weighted by atomic mass is 10.0. The average molecular weight is 318 g/mol. The van der Waals surface area contributed by atoms with E-state index in [2.05, 4.69) is 0 Å². The summed E-state index contributed by atoms with van der Waals surface area (Å²) < 4.78 is 31.4. The van der Waals surface area contributed by atoms with Gasteiger partial charge in [0, 0.05) is 6.42 Å².